The average Bonchev–Trinajstić information content (AvgIpc) is 3.05. The van der Waals surface area contributed by atoms with Crippen molar-refractivity contribution in [3.05, 3.63) is 103 Å². The first kappa shape index (κ1) is 34.0. The van der Waals surface area contributed by atoms with E-state index in [1.807, 2.05) is 67.6 Å². The van der Waals surface area contributed by atoms with Crippen molar-refractivity contribution in [3.8, 4) is 0 Å². The van der Waals surface area contributed by atoms with Gasteiger partial charge in [0.1, 0.15) is 12.7 Å². The molecule has 0 bridgehead atoms. The van der Waals surface area contributed by atoms with Gasteiger partial charge in [-0.3, -0.25) is 4.79 Å². The van der Waals surface area contributed by atoms with Gasteiger partial charge in [-0.25, -0.2) is 4.79 Å². The monoisotopic (exact) mass is 630 g/mol. The second-order valence-corrected chi connectivity index (χ2v) is 11.8. The summed E-state index contributed by atoms with van der Waals surface area (Å²) in [6, 6.07) is 16.3. The molecule has 0 radical (unpaired) electrons. The molecule has 1 N–H and O–H groups in total. The Bertz CT molecular complexity index is 1480. The van der Waals surface area contributed by atoms with E-state index in [-0.39, 0.29) is 25.0 Å². The van der Waals surface area contributed by atoms with E-state index in [1.165, 1.54) is 6.92 Å². The molecule has 0 heterocycles. The lowest BCUT2D eigenvalue weighted by atomic mass is 9.63. The second kappa shape index (κ2) is 16.4. The van der Waals surface area contributed by atoms with Crippen LogP contribution in [0.3, 0.4) is 0 Å². The molecular formula is C31H38N10O5. The Morgan fingerprint density at radius 3 is 2.09 bits per heavy atom. The van der Waals surface area contributed by atoms with Gasteiger partial charge in [0, 0.05) is 52.2 Å². The summed E-state index contributed by atoms with van der Waals surface area (Å²) in [5.41, 5.74) is 29.8. The number of carbonyl (C=O) groups is 2. The quantitative estimate of drug-likeness (QED) is 0.120. The number of carbonyl (C=O) groups excluding carboxylic acids is 2. The van der Waals surface area contributed by atoms with Gasteiger partial charge in [0.2, 0.25) is 0 Å². The molecule has 4 rings (SSSR count). The number of hydrogen-bond donors (Lipinski definition) is 1. The molecular weight excluding hydrogens is 592 g/mol. The molecule has 46 heavy (non-hydrogen) atoms. The Morgan fingerprint density at radius 1 is 0.891 bits per heavy atom. The standard InChI is InChI=1S/C31H38N10O5/c1-19(41(17-21-9-5-3-6-10-21)31(44)45-18-22-11-7-4-8-12-22)23-13-14-25(35-38-32)24(15-23)28-26(36-39-33)16-27(37-40-34)30(29(28)43)46-20(2)42/h3-12,19,23-30,43H,13-18H2,1-2H3/t19-,23-,24+,25?,26?,27?,28?,29+,30+/m1/s1. The van der Waals surface area contributed by atoms with Gasteiger partial charge in [0.25, 0.3) is 0 Å². The molecule has 2 saturated carbocycles. The van der Waals surface area contributed by atoms with Crippen LogP contribution in [0.25, 0.3) is 31.3 Å². The molecule has 4 unspecified atom stereocenters. The zero-order valence-electron chi connectivity index (χ0n) is 25.8. The number of esters is 1. The summed E-state index contributed by atoms with van der Waals surface area (Å²) < 4.78 is 11.2. The summed E-state index contributed by atoms with van der Waals surface area (Å²) in [6.07, 6.45) is -1.55. The minimum Gasteiger partial charge on any atom is -0.459 e. The minimum absolute atomic E-state index is 0.0272. The third kappa shape index (κ3) is 8.41. The van der Waals surface area contributed by atoms with Gasteiger partial charge >= 0.3 is 12.1 Å². The predicted octanol–water partition coefficient (Wildman–Crippen LogP) is 6.98. The molecule has 2 aliphatic carbocycles. The van der Waals surface area contributed by atoms with Crippen molar-refractivity contribution in [3.63, 3.8) is 0 Å². The summed E-state index contributed by atoms with van der Waals surface area (Å²) in [5, 5.41) is 23.4. The topological polar surface area (TPSA) is 222 Å². The van der Waals surface area contributed by atoms with Gasteiger partial charge in [-0.1, -0.05) is 76.0 Å². The fraction of sp³-hybridized carbons (Fsp3) is 0.548. The van der Waals surface area contributed by atoms with E-state index in [1.54, 1.807) is 4.90 Å². The molecule has 242 valence electrons. The molecule has 15 heteroatoms. The Labute approximate surface area is 266 Å². The lowest BCUT2D eigenvalue weighted by Crippen LogP contribution is -2.57. The molecule has 0 aromatic heterocycles. The summed E-state index contributed by atoms with van der Waals surface area (Å²) in [5.74, 6) is -2.09. The van der Waals surface area contributed by atoms with Crippen molar-refractivity contribution < 1.29 is 24.2 Å². The van der Waals surface area contributed by atoms with E-state index in [0.717, 1.165) is 11.1 Å². The number of amides is 1. The Hall–Kier alpha value is -4.93. The van der Waals surface area contributed by atoms with Crippen molar-refractivity contribution in [2.45, 2.75) is 89.1 Å². The van der Waals surface area contributed by atoms with Crippen LogP contribution in [0.5, 0.6) is 0 Å². The average molecular weight is 631 g/mol. The van der Waals surface area contributed by atoms with E-state index in [9.17, 15) is 25.8 Å². The molecule has 9 atom stereocenters. The van der Waals surface area contributed by atoms with Crippen LogP contribution in [-0.4, -0.2) is 58.4 Å². The van der Waals surface area contributed by atoms with Crippen LogP contribution in [0, 0.1) is 17.8 Å². The number of ether oxygens (including phenoxy) is 2. The summed E-state index contributed by atoms with van der Waals surface area (Å²) >= 11 is 0. The lowest BCUT2D eigenvalue weighted by Gasteiger charge is -2.49. The first-order chi connectivity index (χ1) is 22.3. The SMILES string of the molecule is CC(=O)O[C@H]1C(N=[N+]=[N-])CC(N=[N+]=[N-])C([C@H]2C[C@H]([C@@H](C)N(Cc3ccccc3)C(=O)OCc3ccccc3)CCC2N=[N+]=[N-])[C@@H]1O. The zero-order chi connectivity index (χ0) is 33.1. The molecule has 2 fully saturated rings. The van der Waals surface area contributed by atoms with Crippen LogP contribution in [0.2, 0.25) is 0 Å². The number of aliphatic hydroxyl groups excluding tert-OH is 1. The van der Waals surface area contributed by atoms with Crippen LogP contribution >= 0.6 is 0 Å². The van der Waals surface area contributed by atoms with Crippen molar-refractivity contribution in [1.82, 2.24) is 4.90 Å². The summed E-state index contributed by atoms with van der Waals surface area (Å²) in [4.78, 5) is 36.2. The van der Waals surface area contributed by atoms with E-state index in [2.05, 4.69) is 30.1 Å². The Kier molecular flexibility index (Phi) is 12.1. The lowest BCUT2D eigenvalue weighted by molar-refractivity contribution is -0.164. The largest absolute Gasteiger partial charge is 0.459 e. The number of benzene rings is 2. The normalized spacial score (nSPS) is 27.8. The predicted molar refractivity (Wildman–Crippen MR) is 167 cm³/mol. The maximum atomic E-state index is 13.6. The van der Waals surface area contributed by atoms with Gasteiger partial charge in [-0.05, 0) is 72.2 Å². The molecule has 0 saturated heterocycles. The first-order valence-corrected chi connectivity index (χ1v) is 15.3. The van der Waals surface area contributed by atoms with Crippen LogP contribution < -0.4 is 0 Å². The van der Waals surface area contributed by atoms with Crippen molar-refractivity contribution in [1.29, 1.82) is 0 Å². The number of azide groups is 3. The van der Waals surface area contributed by atoms with E-state index >= 15 is 0 Å². The maximum Gasteiger partial charge on any atom is 0.410 e. The fourth-order valence-electron chi connectivity index (χ4n) is 6.96. The van der Waals surface area contributed by atoms with Crippen molar-refractivity contribution in [2.24, 2.45) is 33.1 Å². The highest BCUT2D eigenvalue weighted by atomic mass is 16.6. The van der Waals surface area contributed by atoms with E-state index < -0.39 is 54.2 Å². The summed E-state index contributed by atoms with van der Waals surface area (Å²) in [7, 11) is 0. The molecule has 2 aromatic rings. The fourth-order valence-corrected chi connectivity index (χ4v) is 6.96. The van der Waals surface area contributed by atoms with E-state index in [0.29, 0.717) is 25.8 Å². The number of hydrogen-bond acceptors (Lipinski definition) is 8. The highest BCUT2D eigenvalue weighted by molar-refractivity contribution is 5.68. The Morgan fingerprint density at radius 2 is 1.48 bits per heavy atom. The smallest absolute Gasteiger partial charge is 0.410 e. The van der Waals surface area contributed by atoms with E-state index in [4.69, 9.17) is 15.0 Å². The van der Waals surface area contributed by atoms with Crippen molar-refractivity contribution in [2.75, 3.05) is 0 Å². The van der Waals surface area contributed by atoms with Crippen molar-refractivity contribution >= 4 is 12.1 Å². The minimum atomic E-state index is -1.38. The maximum absolute atomic E-state index is 13.6. The van der Waals surface area contributed by atoms with Crippen LogP contribution in [0.15, 0.2) is 76.0 Å². The van der Waals surface area contributed by atoms with Gasteiger partial charge in [0.15, 0.2) is 0 Å². The molecule has 2 aliphatic rings. The molecule has 2 aromatic carbocycles. The molecule has 15 nitrogen and oxygen atoms in total. The van der Waals surface area contributed by atoms with Crippen LogP contribution in [0.4, 0.5) is 4.79 Å². The summed E-state index contributed by atoms with van der Waals surface area (Å²) in [6.45, 7) is 3.54. The number of nitrogens with zero attached hydrogens (tertiary/aromatic N) is 10. The molecule has 0 spiro atoms. The van der Waals surface area contributed by atoms with Crippen LogP contribution in [-0.2, 0) is 27.4 Å². The molecule has 0 aliphatic heterocycles. The van der Waals surface area contributed by atoms with Gasteiger partial charge in [-0.15, -0.1) is 0 Å². The van der Waals surface area contributed by atoms with Gasteiger partial charge < -0.3 is 19.5 Å². The highest BCUT2D eigenvalue weighted by Crippen LogP contribution is 2.46. The second-order valence-electron chi connectivity index (χ2n) is 11.8. The van der Waals surface area contributed by atoms with Gasteiger partial charge in [0.05, 0.1) is 12.1 Å². The first-order valence-electron chi connectivity index (χ1n) is 15.3. The number of aliphatic hydroxyl groups is 1. The molecule has 1 amide bonds. The van der Waals surface area contributed by atoms with Gasteiger partial charge in [-0.2, -0.15) is 0 Å². The zero-order valence-corrected chi connectivity index (χ0v) is 25.8. The third-order valence-electron chi connectivity index (χ3n) is 9.15. The highest BCUT2D eigenvalue weighted by Gasteiger charge is 2.51. The third-order valence-corrected chi connectivity index (χ3v) is 9.15. The number of rotatable bonds is 11. The van der Waals surface area contributed by atoms with Crippen LogP contribution in [0.1, 0.15) is 50.7 Å². The Balaban J connectivity index is 1.64.